The van der Waals surface area contributed by atoms with Crippen molar-refractivity contribution in [1.82, 2.24) is 9.80 Å². The van der Waals surface area contributed by atoms with E-state index in [1.165, 1.54) is 11.1 Å². The summed E-state index contributed by atoms with van der Waals surface area (Å²) >= 11 is 5.16. The standard InChI is InChI=1S/C19H23N3S/c20-19(23)18-9-5-4-8-17(18)15-22-12-10-21(11-13-22)14-16-6-2-1-3-7-16/h1-9H,10-15H2,(H2,20,23). The van der Waals surface area contributed by atoms with Crippen LogP contribution in [-0.4, -0.2) is 41.0 Å². The van der Waals surface area contributed by atoms with Crippen LogP contribution < -0.4 is 5.73 Å². The molecule has 0 saturated carbocycles. The summed E-state index contributed by atoms with van der Waals surface area (Å²) < 4.78 is 0. The lowest BCUT2D eigenvalue weighted by atomic mass is 10.1. The second-order valence-electron chi connectivity index (χ2n) is 6.06. The second-order valence-corrected chi connectivity index (χ2v) is 6.50. The Hall–Kier alpha value is -1.75. The van der Waals surface area contributed by atoms with Crippen LogP contribution in [-0.2, 0) is 13.1 Å². The fourth-order valence-electron chi connectivity index (χ4n) is 3.09. The van der Waals surface area contributed by atoms with Crippen molar-refractivity contribution in [3.63, 3.8) is 0 Å². The summed E-state index contributed by atoms with van der Waals surface area (Å²) in [6, 6.07) is 18.9. The largest absolute Gasteiger partial charge is 0.389 e. The van der Waals surface area contributed by atoms with Crippen molar-refractivity contribution in [2.45, 2.75) is 13.1 Å². The summed E-state index contributed by atoms with van der Waals surface area (Å²) in [6.45, 7) is 6.33. The molecule has 1 aliphatic rings. The Kier molecular flexibility index (Phi) is 5.39. The van der Waals surface area contributed by atoms with Gasteiger partial charge in [0, 0.05) is 44.8 Å². The molecule has 1 heterocycles. The fraction of sp³-hybridized carbons (Fsp3) is 0.316. The Morgan fingerprint density at radius 1 is 0.826 bits per heavy atom. The maximum Gasteiger partial charge on any atom is 0.104 e. The van der Waals surface area contributed by atoms with Gasteiger partial charge >= 0.3 is 0 Å². The van der Waals surface area contributed by atoms with Crippen LogP contribution in [0.1, 0.15) is 16.7 Å². The molecule has 2 aromatic carbocycles. The van der Waals surface area contributed by atoms with Crippen LogP contribution in [0.25, 0.3) is 0 Å². The molecule has 120 valence electrons. The van der Waals surface area contributed by atoms with Gasteiger partial charge in [-0.3, -0.25) is 9.80 Å². The highest BCUT2D eigenvalue weighted by atomic mass is 32.1. The zero-order valence-electron chi connectivity index (χ0n) is 13.3. The zero-order valence-corrected chi connectivity index (χ0v) is 14.1. The molecule has 4 heteroatoms. The number of piperazine rings is 1. The molecule has 23 heavy (non-hydrogen) atoms. The van der Waals surface area contributed by atoms with E-state index in [2.05, 4.69) is 52.3 Å². The molecule has 1 aliphatic heterocycles. The van der Waals surface area contributed by atoms with Crippen molar-refractivity contribution < 1.29 is 0 Å². The lowest BCUT2D eigenvalue weighted by molar-refractivity contribution is 0.122. The number of hydrogen-bond donors (Lipinski definition) is 1. The van der Waals surface area contributed by atoms with Gasteiger partial charge < -0.3 is 5.73 Å². The van der Waals surface area contributed by atoms with Crippen molar-refractivity contribution >= 4 is 17.2 Å². The average Bonchev–Trinajstić information content (AvgIpc) is 2.58. The Bertz CT molecular complexity index is 649. The minimum atomic E-state index is 0.489. The topological polar surface area (TPSA) is 32.5 Å². The van der Waals surface area contributed by atoms with Gasteiger partial charge in [0.1, 0.15) is 4.99 Å². The van der Waals surface area contributed by atoms with E-state index in [1.54, 1.807) is 0 Å². The maximum absolute atomic E-state index is 5.83. The maximum atomic E-state index is 5.83. The molecule has 0 radical (unpaired) electrons. The van der Waals surface area contributed by atoms with Gasteiger partial charge in [0.2, 0.25) is 0 Å². The van der Waals surface area contributed by atoms with E-state index < -0.39 is 0 Å². The highest BCUT2D eigenvalue weighted by molar-refractivity contribution is 7.80. The first-order valence-electron chi connectivity index (χ1n) is 8.09. The molecular weight excluding hydrogens is 302 g/mol. The average molecular weight is 325 g/mol. The summed E-state index contributed by atoms with van der Waals surface area (Å²) in [4.78, 5) is 5.49. The molecule has 1 saturated heterocycles. The Morgan fingerprint density at radius 3 is 2.04 bits per heavy atom. The molecule has 2 aromatic rings. The third kappa shape index (κ3) is 4.38. The van der Waals surface area contributed by atoms with Gasteiger partial charge in [-0.05, 0) is 11.1 Å². The van der Waals surface area contributed by atoms with Crippen LogP contribution in [0.15, 0.2) is 54.6 Å². The molecule has 0 amide bonds. The van der Waals surface area contributed by atoms with Crippen LogP contribution in [0.3, 0.4) is 0 Å². The molecular formula is C19H23N3S. The number of nitrogens with two attached hydrogens (primary N) is 1. The Labute approximate surface area is 143 Å². The van der Waals surface area contributed by atoms with Crippen LogP contribution in [0.2, 0.25) is 0 Å². The van der Waals surface area contributed by atoms with Crippen LogP contribution in [0, 0.1) is 0 Å². The molecule has 0 aliphatic carbocycles. The summed E-state index contributed by atoms with van der Waals surface area (Å²) in [6.07, 6.45) is 0. The van der Waals surface area contributed by atoms with E-state index in [1.807, 2.05) is 12.1 Å². The van der Waals surface area contributed by atoms with Gasteiger partial charge in [-0.2, -0.15) is 0 Å². The highest BCUT2D eigenvalue weighted by Gasteiger charge is 2.18. The predicted octanol–water partition coefficient (Wildman–Crippen LogP) is 2.64. The number of thiocarbonyl (C=S) groups is 1. The monoisotopic (exact) mass is 325 g/mol. The summed E-state index contributed by atoms with van der Waals surface area (Å²) in [5, 5.41) is 0. The van der Waals surface area contributed by atoms with E-state index in [0.29, 0.717) is 4.99 Å². The minimum absolute atomic E-state index is 0.489. The third-order valence-corrected chi connectivity index (χ3v) is 4.61. The van der Waals surface area contributed by atoms with Crippen molar-refractivity contribution in [3.05, 3.63) is 71.3 Å². The molecule has 3 rings (SSSR count). The van der Waals surface area contributed by atoms with E-state index >= 15 is 0 Å². The predicted molar refractivity (Wildman–Crippen MR) is 99.3 cm³/mol. The third-order valence-electron chi connectivity index (χ3n) is 4.39. The first-order valence-corrected chi connectivity index (χ1v) is 8.49. The van der Waals surface area contributed by atoms with E-state index in [-0.39, 0.29) is 0 Å². The van der Waals surface area contributed by atoms with E-state index in [4.69, 9.17) is 18.0 Å². The molecule has 1 fully saturated rings. The number of hydrogen-bond acceptors (Lipinski definition) is 3. The number of benzene rings is 2. The van der Waals surface area contributed by atoms with Crippen molar-refractivity contribution in [3.8, 4) is 0 Å². The van der Waals surface area contributed by atoms with E-state index in [0.717, 1.165) is 44.8 Å². The van der Waals surface area contributed by atoms with Crippen LogP contribution >= 0.6 is 12.2 Å². The first kappa shape index (κ1) is 16.1. The van der Waals surface area contributed by atoms with Crippen molar-refractivity contribution in [1.29, 1.82) is 0 Å². The first-order chi connectivity index (χ1) is 11.2. The lowest BCUT2D eigenvalue weighted by Crippen LogP contribution is -2.45. The van der Waals surface area contributed by atoms with E-state index in [9.17, 15) is 0 Å². The molecule has 0 atom stereocenters. The molecule has 2 N–H and O–H groups in total. The molecule has 0 aromatic heterocycles. The fourth-order valence-corrected chi connectivity index (χ4v) is 3.29. The highest BCUT2D eigenvalue weighted by Crippen LogP contribution is 2.14. The van der Waals surface area contributed by atoms with Gasteiger partial charge in [-0.15, -0.1) is 0 Å². The van der Waals surface area contributed by atoms with Gasteiger partial charge in [0.25, 0.3) is 0 Å². The molecule has 0 unspecified atom stereocenters. The zero-order chi connectivity index (χ0) is 16.1. The molecule has 3 nitrogen and oxygen atoms in total. The van der Waals surface area contributed by atoms with Crippen LogP contribution in [0.4, 0.5) is 0 Å². The molecule has 0 bridgehead atoms. The summed E-state index contributed by atoms with van der Waals surface area (Å²) in [5.41, 5.74) is 9.46. The summed E-state index contributed by atoms with van der Waals surface area (Å²) in [7, 11) is 0. The summed E-state index contributed by atoms with van der Waals surface area (Å²) in [5.74, 6) is 0. The second kappa shape index (κ2) is 7.68. The Balaban J connectivity index is 1.54. The lowest BCUT2D eigenvalue weighted by Gasteiger charge is -2.35. The van der Waals surface area contributed by atoms with Crippen molar-refractivity contribution in [2.24, 2.45) is 5.73 Å². The Morgan fingerprint density at radius 2 is 1.39 bits per heavy atom. The normalized spacial score (nSPS) is 16.3. The number of nitrogens with zero attached hydrogens (tertiary/aromatic N) is 2. The van der Waals surface area contributed by atoms with Gasteiger partial charge in [0.05, 0.1) is 0 Å². The van der Waals surface area contributed by atoms with Gasteiger partial charge in [0.15, 0.2) is 0 Å². The van der Waals surface area contributed by atoms with Crippen molar-refractivity contribution in [2.75, 3.05) is 26.2 Å². The quantitative estimate of drug-likeness (QED) is 0.857. The number of rotatable bonds is 5. The smallest absolute Gasteiger partial charge is 0.104 e. The molecule has 0 spiro atoms. The van der Waals surface area contributed by atoms with Gasteiger partial charge in [-0.25, -0.2) is 0 Å². The van der Waals surface area contributed by atoms with Crippen LogP contribution in [0.5, 0.6) is 0 Å². The SMILES string of the molecule is NC(=S)c1ccccc1CN1CCN(Cc2ccccc2)CC1. The minimum Gasteiger partial charge on any atom is -0.389 e. The van der Waals surface area contributed by atoms with Gasteiger partial charge in [-0.1, -0.05) is 66.8 Å².